The van der Waals surface area contributed by atoms with Gasteiger partial charge in [-0.15, -0.1) is 6.58 Å². The van der Waals surface area contributed by atoms with Crippen molar-refractivity contribution in [3.63, 3.8) is 0 Å². The quantitative estimate of drug-likeness (QED) is 0.00827. The molecule has 0 fully saturated rings. The Kier molecular flexibility index (Phi) is 51.3. The predicted molar refractivity (Wildman–Crippen MR) is 526 cm³/mol. The van der Waals surface area contributed by atoms with Crippen molar-refractivity contribution in [1.82, 2.24) is 0 Å². The van der Waals surface area contributed by atoms with E-state index in [9.17, 15) is 79.0 Å². The summed E-state index contributed by atoms with van der Waals surface area (Å²) >= 11 is 22.1. The first kappa shape index (κ1) is 121. The van der Waals surface area contributed by atoms with E-state index in [1.165, 1.54) is 66.7 Å². The summed E-state index contributed by atoms with van der Waals surface area (Å²) in [5.41, 5.74) is 13.8. The average molecular weight is 2420 g/mol. The summed E-state index contributed by atoms with van der Waals surface area (Å²) in [7, 11) is -1.87. The van der Waals surface area contributed by atoms with E-state index in [0.717, 1.165) is 121 Å². The number of rotatable bonds is 16. The minimum Gasteiger partial charge on any atom is -0.662 e. The zero-order valence-corrected chi connectivity index (χ0v) is 86.5. The molecule has 12 aromatic carbocycles. The van der Waals surface area contributed by atoms with Gasteiger partial charge in [0.1, 0.15) is 13.9 Å². The van der Waals surface area contributed by atoms with Gasteiger partial charge in [0, 0.05) is 33.9 Å². The van der Waals surface area contributed by atoms with Crippen LogP contribution in [-0.2, 0) is 93.4 Å². The minimum absolute atomic E-state index is 0. The Morgan fingerprint density at radius 1 is 0.407 bits per heavy atom. The molecule has 1 unspecified atom stereocenters. The third-order valence-corrected chi connectivity index (χ3v) is 22.3. The largest absolute Gasteiger partial charge is 1.00 e. The van der Waals surface area contributed by atoms with Crippen LogP contribution in [0, 0.1) is 0 Å². The van der Waals surface area contributed by atoms with Crippen molar-refractivity contribution in [3.8, 4) is 0 Å². The van der Waals surface area contributed by atoms with Crippen LogP contribution in [-0.4, -0.2) is 46.2 Å². The van der Waals surface area contributed by atoms with Crippen molar-refractivity contribution in [2.45, 2.75) is 114 Å². The molecule has 5 N–H and O–H groups in total. The number of carbonyl (C=O) groups excluding carboxylic acids is 1. The molecule has 3 atom stereocenters. The molecule has 0 bridgehead atoms. The first-order valence-electron chi connectivity index (χ1n) is 40.6. The maximum atomic E-state index is 12.8. The van der Waals surface area contributed by atoms with Crippen molar-refractivity contribution in [3.05, 3.63) is 431 Å². The van der Waals surface area contributed by atoms with E-state index in [4.69, 9.17) is 45.6 Å². The van der Waals surface area contributed by atoms with Gasteiger partial charge in [0.05, 0.1) is 33.4 Å². The number of hydrogen-bond donors (Lipinski definition) is 4. The van der Waals surface area contributed by atoms with Gasteiger partial charge in [-0.05, 0) is 266 Å². The fraction of sp³-hybridized carbons (Fsp3) is 0.182. The Morgan fingerprint density at radius 2 is 0.650 bits per heavy atom. The number of nitrogens with two attached hydrogens (primary N) is 1. The van der Waals surface area contributed by atoms with E-state index >= 15 is 0 Å². The van der Waals surface area contributed by atoms with Crippen molar-refractivity contribution in [1.29, 1.82) is 0 Å². The van der Waals surface area contributed by atoms with Gasteiger partial charge >= 0.3 is 73.7 Å². The van der Waals surface area contributed by atoms with Crippen molar-refractivity contribution < 1.29 is 153 Å². The van der Waals surface area contributed by atoms with E-state index in [0.29, 0.717) is 88.8 Å². The summed E-state index contributed by atoms with van der Waals surface area (Å²) in [4.78, 5) is 27.4. The zero-order chi connectivity index (χ0) is 103. The summed E-state index contributed by atoms with van der Waals surface area (Å²) < 4.78 is 232. The monoisotopic (exact) mass is 2410 g/mol. The molecule has 140 heavy (non-hydrogen) atoms. The van der Waals surface area contributed by atoms with Crippen LogP contribution >= 0.6 is 112 Å². The number of nitrogens with zero attached hydrogens (tertiary/aromatic N) is 4. The molecule has 14 nitrogen and oxygen atoms in total. The summed E-state index contributed by atoms with van der Waals surface area (Å²) in [6.07, 6.45) is -19.1. The first-order chi connectivity index (χ1) is 65.6. The maximum absolute atomic E-state index is 12.8. The third-order valence-electron chi connectivity index (χ3n) is 19.1. The van der Waals surface area contributed by atoms with E-state index in [-0.39, 0.29) is 59.8 Å². The van der Waals surface area contributed by atoms with Gasteiger partial charge in [0.25, 0.3) is 6.47 Å². The molecule has 3 aliphatic heterocycles. The molecule has 3 aliphatic rings. The summed E-state index contributed by atoms with van der Waals surface area (Å²) in [6, 6.07) is 76.4. The maximum Gasteiger partial charge on any atom is 1.00 e. The van der Waals surface area contributed by atoms with E-state index in [1.807, 2.05) is 153 Å². The molecular formula is C99H82BBr7F18N5NaO9. The Balaban J connectivity index is 0.000000286. The van der Waals surface area contributed by atoms with Crippen LogP contribution in [0.25, 0.3) is 6.08 Å². The summed E-state index contributed by atoms with van der Waals surface area (Å²) in [5.74, 6) is 0. The van der Waals surface area contributed by atoms with Crippen LogP contribution in [0.2, 0.25) is 0 Å². The van der Waals surface area contributed by atoms with Gasteiger partial charge in [-0.2, -0.15) is 79.0 Å². The van der Waals surface area contributed by atoms with Gasteiger partial charge in [0.2, 0.25) is 0 Å². The van der Waals surface area contributed by atoms with Gasteiger partial charge < -0.3 is 45.6 Å². The van der Waals surface area contributed by atoms with Crippen LogP contribution in [0.3, 0.4) is 0 Å². The minimum atomic E-state index is -4.45. The fourth-order valence-electron chi connectivity index (χ4n) is 12.8. The van der Waals surface area contributed by atoms with E-state index < -0.39 is 77.6 Å². The smallest absolute Gasteiger partial charge is 0.662 e. The molecule has 736 valence electrons. The topological polar surface area (TPSA) is 213 Å². The molecule has 0 aliphatic carbocycles. The molecule has 3 heterocycles. The molecule has 0 spiro atoms. The Morgan fingerprint density at radius 3 is 0.893 bits per heavy atom. The van der Waals surface area contributed by atoms with Crippen LogP contribution in [0.4, 0.5) is 84.7 Å². The number of carbonyl (C=O) groups is 1. The number of hydrogen-bond acceptors (Lipinski definition) is 14. The first-order valence-corrected chi connectivity index (χ1v) is 46.1. The van der Waals surface area contributed by atoms with Crippen molar-refractivity contribution in [2.24, 2.45) is 20.6 Å². The number of anilines is 1. The molecule has 0 radical (unpaired) electrons. The Bertz CT molecular complexity index is 5750. The van der Waals surface area contributed by atoms with Gasteiger partial charge in [-0.1, -0.05) is 298 Å². The summed E-state index contributed by atoms with van der Waals surface area (Å²) in [5, 5.41) is 47.5. The molecule has 0 saturated heterocycles. The average Bonchev–Trinajstić information content (AvgIpc) is 1.47. The molecule has 0 aromatic heterocycles. The fourth-order valence-corrected chi connectivity index (χ4v) is 14.7. The standard InChI is InChI=1S/3C17H13BrF3NO.C16H13F3.C14H10BrF3.C7H6BF3O2.C6H6BrN.C3H6.CHBr2NO.CH2O3.Na/c3*18-16-10-15(23-22-16)14-7-2-1-5-12(14)8-11-4-3-6-13(9-11)17(19,20)21;1-2-13-7-3-4-8-14(13)10-12-6-5-9-15(11-12)16(17,18)19;15-13-7-2-1-5-11(13)8-10-4-3-6-12(9-10)14(16,17)18;9-7(10,11)5-2-1-3-6(4-5)8(12)13;7-5-3-1-2-4-6(5)8;1-3-2;2-1(3)4-5;2-1-4-3;/h3*1-7,9,15H,8,10H2;2-9,11H,1,10H2;1-7,9H,8H2;1-4,12-13H;1-4H,8H2;3H,1H2,2H3;5H;1,3H;/q;;;;;;;;;;+1/p-1/t2*15-;;;;;;;;;/m10........./s1. The molecule has 12 aromatic rings. The SMILES string of the molecule is C=CC.C=Cc1ccccc1Cc1cccc(C(F)(F)F)c1.FC(F)(F)c1cccc(Cc2ccccc2Br)c1.FC(F)(F)c1cccc(Cc2ccccc2C2CC(Br)=NO2)c1.FC(F)(F)c1cccc(Cc2ccccc2[C@@H]2CC(Br)=NO2)c1.FC(F)(F)c1cccc(Cc2ccccc2[C@H]2CC(Br)=NO2)c1.Nc1ccccc1Br.O=CO[O-].OB(O)c1cccc(C(F)(F)F)c1.ON=C(Br)Br.[Na+]. The molecule has 41 heteroatoms. The Hall–Kier alpha value is -9.69. The number of halogens is 25. The Labute approximate surface area is 875 Å². The number of benzene rings is 12. The zero-order valence-electron chi connectivity index (χ0n) is 73.4. The third kappa shape index (κ3) is 42.8. The number of alkyl halides is 18. The van der Waals surface area contributed by atoms with E-state index in [2.05, 4.69) is 150 Å². The molecule has 0 amide bonds. The van der Waals surface area contributed by atoms with Crippen LogP contribution in [0.5, 0.6) is 0 Å². The van der Waals surface area contributed by atoms with Gasteiger partial charge in [0.15, 0.2) is 21.8 Å². The second kappa shape index (κ2) is 59.4. The van der Waals surface area contributed by atoms with E-state index in [1.54, 1.807) is 42.5 Å². The van der Waals surface area contributed by atoms with Gasteiger partial charge in [-0.3, -0.25) is 4.79 Å². The molecular weight excluding hydrogens is 2340 g/mol. The number of oxime groups is 4. The summed E-state index contributed by atoms with van der Waals surface area (Å²) in [6.45, 7) is 8.78. The molecule has 0 saturated carbocycles. The van der Waals surface area contributed by atoms with Crippen LogP contribution in [0.1, 0.15) is 156 Å². The number of nitrogen functional groups attached to an aromatic ring is 1. The van der Waals surface area contributed by atoms with Crippen molar-refractivity contribution >= 4 is 160 Å². The number of allylic oxidation sites excluding steroid dienone is 1. The van der Waals surface area contributed by atoms with Gasteiger partial charge in [-0.25, -0.2) is 0 Å². The number of para-hydroxylation sites is 1. The molecule has 15 rings (SSSR count). The second-order valence-electron chi connectivity index (χ2n) is 29.2. The van der Waals surface area contributed by atoms with Crippen LogP contribution < -0.4 is 46.0 Å². The second-order valence-corrected chi connectivity index (χ2v) is 36.2. The van der Waals surface area contributed by atoms with Crippen LogP contribution in [0.15, 0.2) is 340 Å². The van der Waals surface area contributed by atoms with Crippen molar-refractivity contribution in [2.75, 3.05) is 5.73 Å². The predicted octanol–water partition coefficient (Wildman–Crippen LogP) is 27.0. The normalized spacial score (nSPS) is 13.8.